The molecule has 1 amide bonds. The van der Waals surface area contributed by atoms with Crippen LogP contribution in [0, 0.1) is 0 Å². The maximum Gasteiger partial charge on any atom is 0.248 e. The maximum absolute atomic E-state index is 12.3. The van der Waals surface area contributed by atoms with E-state index in [0.717, 1.165) is 35.9 Å². The zero-order valence-electron chi connectivity index (χ0n) is 14.9. The van der Waals surface area contributed by atoms with Gasteiger partial charge in [0.2, 0.25) is 5.91 Å². The molecule has 5 nitrogen and oxygen atoms in total. The summed E-state index contributed by atoms with van der Waals surface area (Å²) in [6.45, 7) is 1.97. The highest BCUT2D eigenvalue weighted by Gasteiger charge is 2.14. The molecule has 1 fully saturated rings. The van der Waals surface area contributed by atoms with Crippen molar-refractivity contribution in [2.45, 2.75) is 0 Å². The van der Waals surface area contributed by atoms with Gasteiger partial charge in [0.05, 0.1) is 16.4 Å². The zero-order valence-corrected chi connectivity index (χ0v) is 17.3. The van der Waals surface area contributed by atoms with Gasteiger partial charge in [-0.05, 0) is 36.4 Å². The number of aromatic nitrogens is 2. The van der Waals surface area contributed by atoms with Crippen molar-refractivity contribution in [3.63, 3.8) is 0 Å². The standard InChI is InChI=1S/C20H18Cl2N4OS/c21-15-13-14(4-5-16(15)25-9-11-28-12-10-25)23-19(27)7-6-17-20(22)24-18-3-1-2-8-26(17)18/h1-8,13H,9-12H2,(H,23,27)/b7-6+. The summed E-state index contributed by atoms with van der Waals surface area (Å²) >= 11 is 14.6. The monoisotopic (exact) mass is 432 g/mol. The molecule has 0 unspecified atom stereocenters. The van der Waals surface area contributed by atoms with Gasteiger partial charge in [0.15, 0.2) is 5.15 Å². The van der Waals surface area contributed by atoms with E-state index >= 15 is 0 Å². The first kappa shape index (κ1) is 19.2. The molecule has 3 heterocycles. The number of carbonyl (C=O) groups is 1. The van der Waals surface area contributed by atoms with Gasteiger partial charge in [-0.25, -0.2) is 4.98 Å². The number of nitrogens with zero attached hydrogens (tertiary/aromatic N) is 3. The van der Waals surface area contributed by atoms with Crippen LogP contribution in [-0.4, -0.2) is 39.9 Å². The van der Waals surface area contributed by atoms with Crippen LogP contribution < -0.4 is 10.2 Å². The van der Waals surface area contributed by atoms with Gasteiger partial charge >= 0.3 is 0 Å². The van der Waals surface area contributed by atoms with E-state index in [1.165, 1.54) is 6.08 Å². The van der Waals surface area contributed by atoms with E-state index in [0.29, 0.717) is 21.6 Å². The lowest BCUT2D eigenvalue weighted by Crippen LogP contribution is -2.32. The summed E-state index contributed by atoms with van der Waals surface area (Å²) in [6, 6.07) is 11.2. The molecule has 144 valence electrons. The number of rotatable bonds is 4. The first-order valence-corrected chi connectivity index (χ1v) is 10.8. The number of halogens is 2. The Bertz CT molecular complexity index is 1040. The Balaban J connectivity index is 1.46. The van der Waals surface area contributed by atoms with E-state index in [2.05, 4.69) is 15.2 Å². The van der Waals surface area contributed by atoms with E-state index in [1.807, 2.05) is 52.7 Å². The summed E-state index contributed by atoms with van der Waals surface area (Å²) in [5.41, 5.74) is 3.04. The molecule has 2 aromatic heterocycles. The fraction of sp³-hybridized carbons (Fsp3) is 0.200. The molecule has 1 saturated heterocycles. The molecule has 0 radical (unpaired) electrons. The number of nitrogens with one attached hydrogen (secondary N) is 1. The van der Waals surface area contributed by atoms with Crippen LogP contribution >= 0.6 is 35.0 Å². The van der Waals surface area contributed by atoms with Crippen molar-refractivity contribution in [1.82, 2.24) is 9.38 Å². The number of hydrogen-bond acceptors (Lipinski definition) is 4. The molecule has 4 rings (SSSR count). The molecular weight excluding hydrogens is 415 g/mol. The minimum absolute atomic E-state index is 0.264. The van der Waals surface area contributed by atoms with Crippen LogP contribution in [0.15, 0.2) is 48.7 Å². The normalized spacial score (nSPS) is 14.7. The zero-order chi connectivity index (χ0) is 19.5. The third-order valence-electron chi connectivity index (χ3n) is 4.48. The average Bonchev–Trinajstić information content (AvgIpc) is 3.02. The molecule has 1 aromatic carbocycles. The van der Waals surface area contributed by atoms with Crippen LogP contribution in [-0.2, 0) is 4.79 Å². The summed E-state index contributed by atoms with van der Waals surface area (Å²) in [7, 11) is 0. The van der Waals surface area contributed by atoms with Crippen molar-refractivity contribution in [3.8, 4) is 0 Å². The number of imidazole rings is 1. The van der Waals surface area contributed by atoms with E-state index in [9.17, 15) is 4.79 Å². The lowest BCUT2D eigenvalue weighted by atomic mass is 10.2. The minimum atomic E-state index is -0.264. The van der Waals surface area contributed by atoms with Gasteiger partial charge in [-0.1, -0.05) is 29.3 Å². The molecule has 0 bridgehead atoms. The van der Waals surface area contributed by atoms with Crippen molar-refractivity contribution in [3.05, 3.63) is 64.5 Å². The molecule has 0 aliphatic carbocycles. The molecule has 1 aliphatic rings. The Morgan fingerprint density at radius 1 is 1.18 bits per heavy atom. The van der Waals surface area contributed by atoms with Crippen LogP contribution in [0.5, 0.6) is 0 Å². The van der Waals surface area contributed by atoms with Gasteiger partial charge in [0.1, 0.15) is 5.65 Å². The van der Waals surface area contributed by atoms with Gasteiger partial charge < -0.3 is 10.2 Å². The fourth-order valence-electron chi connectivity index (χ4n) is 3.12. The van der Waals surface area contributed by atoms with Crippen LogP contribution in [0.3, 0.4) is 0 Å². The van der Waals surface area contributed by atoms with E-state index < -0.39 is 0 Å². The van der Waals surface area contributed by atoms with Crippen molar-refractivity contribution < 1.29 is 4.79 Å². The molecule has 28 heavy (non-hydrogen) atoms. The van der Waals surface area contributed by atoms with Crippen molar-refractivity contribution in [2.24, 2.45) is 0 Å². The Hall–Kier alpha value is -2.15. The van der Waals surface area contributed by atoms with Crippen molar-refractivity contribution in [1.29, 1.82) is 0 Å². The van der Waals surface area contributed by atoms with Crippen molar-refractivity contribution >= 4 is 64.0 Å². The summed E-state index contributed by atoms with van der Waals surface area (Å²) in [4.78, 5) is 18.9. The predicted molar refractivity (Wildman–Crippen MR) is 119 cm³/mol. The SMILES string of the molecule is O=C(/C=C/c1c(Cl)nc2ccccn12)Nc1ccc(N2CCSCC2)c(Cl)c1. The highest BCUT2D eigenvalue weighted by Crippen LogP contribution is 2.30. The number of thioether (sulfide) groups is 1. The summed E-state index contributed by atoms with van der Waals surface area (Å²) in [5, 5.41) is 3.82. The second-order valence-electron chi connectivity index (χ2n) is 6.30. The molecule has 0 atom stereocenters. The number of hydrogen-bond donors (Lipinski definition) is 1. The third kappa shape index (κ3) is 4.14. The Labute approximate surface area is 177 Å². The van der Waals surface area contributed by atoms with Gasteiger partial charge in [-0.3, -0.25) is 9.20 Å². The lowest BCUT2D eigenvalue weighted by Gasteiger charge is -2.29. The molecule has 1 aliphatic heterocycles. The smallest absolute Gasteiger partial charge is 0.248 e. The average molecular weight is 433 g/mol. The van der Waals surface area contributed by atoms with E-state index in [1.54, 1.807) is 12.1 Å². The van der Waals surface area contributed by atoms with Crippen LogP contribution in [0.2, 0.25) is 10.2 Å². The lowest BCUT2D eigenvalue weighted by molar-refractivity contribution is -0.111. The second-order valence-corrected chi connectivity index (χ2v) is 8.29. The van der Waals surface area contributed by atoms with Gasteiger partial charge in [0, 0.05) is 42.6 Å². The Kier molecular flexibility index (Phi) is 5.80. The van der Waals surface area contributed by atoms with Gasteiger partial charge in [-0.2, -0.15) is 11.8 Å². The van der Waals surface area contributed by atoms with E-state index in [4.69, 9.17) is 23.2 Å². The number of pyridine rings is 1. The highest BCUT2D eigenvalue weighted by molar-refractivity contribution is 7.99. The molecule has 0 saturated carbocycles. The maximum atomic E-state index is 12.3. The largest absolute Gasteiger partial charge is 0.369 e. The van der Waals surface area contributed by atoms with Crippen LogP contribution in [0.4, 0.5) is 11.4 Å². The van der Waals surface area contributed by atoms with Crippen molar-refractivity contribution in [2.75, 3.05) is 34.8 Å². The Morgan fingerprint density at radius 2 is 2.00 bits per heavy atom. The molecular formula is C20H18Cl2N4OS. The minimum Gasteiger partial charge on any atom is -0.369 e. The first-order valence-electron chi connectivity index (χ1n) is 8.86. The van der Waals surface area contributed by atoms with Crippen LogP contribution in [0.25, 0.3) is 11.7 Å². The number of fused-ring (bicyclic) bond motifs is 1. The number of anilines is 2. The Morgan fingerprint density at radius 3 is 2.79 bits per heavy atom. The highest BCUT2D eigenvalue weighted by atomic mass is 35.5. The topological polar surface area (TPSA) is 49.6 Å². The molecule has 8 heteroatoms. The summed E-state index contributed by atoms with van der Waals surface area (Å²) in [5.74, 6) is 1.94. The summed E-state index contributed by atoms with van der Waals surface area (Å²) < 4.78 is 1.83. The third-order valence-corrected chi connectivity index (χ3v) is 6.00. The van der Waals surface area contributed by atoms with Crippen LogP contribution in [0.1, 0.15) is 5.69 Å². The number of carbonyl (C=O) groups excluding carboxylic acids is 1. The fourth-order valence-corrected chi connectivity index (χ4v) is 4.56. The quantitative estimate of drug-likeness (QED) is 0.598. The number of amides is 1. The summed E-state index contributed by atoms with van der Waals surface area (Å²) in [6.07, 6.45) is 4.94. The van der Waals surface area contributed by atoms with Gasteiger partial charge in [-0.15, -0.1) is 0 Å². The molecule has 1 N–H and O–H groups in total. The van der Waals surface area contributed by atoms with E-state index in [-0.39, 0.29) is 5.91 Å². The molecule has 0 spiro atoms. The first-order chi connectivity index (χ1) is 13.6. The second kappa shape index (κ2) is 8.47. The number of benzene rings is 1. The van der Waals surface area contributed by atoms with Gasteiger partial charge in [0.25, 0.3) is 0 Å². The predicted octanol–water partition coefficient (Wildman–Crippen LogP) is 4.85. The molecule has 3 aromatic rings.